The van der Waals surface area contributed by atoms with Crippen LogP contribution in [0.2, 0.25) is 0 Å². The lowest BCUT2D eigenvalue weighted by Gasteiger charge is -1.87. The molecule has 0 saturated carbocycles. The van der Waals surface area contributed by atoms with Gasteiger partial charge in [0.05, 0.1) is 11.5 Å². The highest BCUT2D eigenvalue weighted by molar-refractivity contribution is 5.17. The van der Waals surface area contributed by atoms with Crippen LogP contribution < -0.4 is 0 Å². The molecule has 0 aromatic rings. The average Bonchev–Trinajstić information content (AvgIpc) is 2.22. The number of rotatable bonds is 0. The molecule has 72 valence electrons. The van der Waals surface area contributed by atoms with Crippen LogP contribution in [0.3, 0.4) is 0 Å². The summed E-state index contributed by atoms with van der Waals surface area (Å²) in [6.07, 6.45) is 17.4. The van der Waals surface area contributed by atoms with Crippen LogP contribution in [0.15, 0.2) is 71.5 Å². The standard InChI is InChI=1S/C10H10N2O2/c1-2-4-6-8-10-13-14-12-11-9-7-5-3-1/h1-10H/b2-1+,5-3-,6-4+,9-7-,10-8-,12-11?. The van der Waals surface area contributed by atoms with E-state index in [1.807, 2.05) is 30.4 Å². The minimum atomic E-state index is 1.36. The molecule has 0 unspecified atom stereocenters. The third kappa shape index (κ3) is 5.54. The van der Waals surface area contributed by atoms with Gasteiger partial charge in [-0.2, -0.15) is 0 Å². The summed E-state index contributed by atoms with van der Waals surface area (Å²) in [6, 6.07) is 0. The Morgan fingerprint density at radius 2 is 1.36 bits per heavy atom. The van der Waals surface area contributed by atoms with E-state index in [0.29, 0.717) is 0 Å². The summed E-state index contributed by atoms with van der Waals surface area (Å²) in [6.45, 7) is 0. The molecule has 1 aliphatic rings. The van der Waals surface area contributed by atoms with Gasteiger partial charge in [-0.3, -0.25) is 4.89 Å². The number of allylic oxidation sites excluding steroid dienone is 8. The Morgan fingerprint density at radius 1 is 0.714 bits per heavy atom. The maximum atomic E-state index is 4.51. The van der Waals surface area contributed by atoms with Gasteiger partial charge in [-0.1, -0.05) is 36.5 Å². The van der Waals surface area contributed by atoms with Gasteiger partial charge in [0, 0.05) is 0 Å². The van der Waals surface area contributed by atoms with Crippen LogP contribution in [0.5, 0.6) is 0 Å². The molecule has 0 spiro atoms. The molecule has 0 fully saturated rings. The lowest BCUT2D eigenvalue weighted by atomic mass is 10.4. The second-order valence-corrected chi connectivity index (χ2v) is 2.19. The zero-order chi connectivity index (χ0) is 9.90. The Kier molecular flexibility index (Phi) is 5.38. The molecule has 0 aromatic carbocycles. The first kappa shape index (κ1) is 9.98. The van der Waals surface area contributed by atoms with E-state index in [1.165, 1.54) is 12.5 Å². The van der Waals surface area contributed by atoms with Crippen molar-refractivity contribution in [2.45, 2.75) is 0 Å². The molecule has 0 radical (unpaired) electrons. The Labute approximate surface area is 82.1 Å². The van der Waals surface area contributed by atoms with Crippen LogP contribution in [-0.4, -0.2) is 0 Å². The number of hydrogen-bond acceptors (Lipinski definition) is 4. The summed E-state index contributed by atoms with van der Waals surface area (Å²) in [5.41, 5.74) is 0. The highest BCUT2D eigenvalue weighted by atomic mass is 17.3. The van der Waals surface area contributed by atoms with Crippen molar-refractivity contribution < 1.29 is 9.88 Å². The molecule has 0 N–H and O–H groups in total. The van der Waals surface area contributed by atoms with Crippen molar-refractivity contribution in [2.75, 3.05) is 0 Å². The van der Waals surface area contributed by atoms with Crippen molar-refractivity contribution in [3.05, 3.63) is 61.1 Å². The Balaban J connectivity index is 2.56. The van der Waals surface area contributed by atoms with Crippen LogP contribution in [0, 0.1) is 0 Å². The van der Waals surface area contributed by atoms with Gasteiger partial charge < -0.3 is 0 Å². The molecule has 0 aliphatic carbocycles. The predicted octanol–water partition coefficient (Wildman–Crippen LogP) is 3.01. The third-order valence-corrected chi connectivity index (χ3v) is 1.19. The lowest BCUT2D eigenvalue weighted by Crippen LogP contribution is -1.74. The maximum absolute atomic E-state index is 4.51. The van der Waals surface area contributed by atoms with E-state index in [9.17, 15) is 0 Å². The highest BCUT2D eigenvalue weighted by Crippen LogP contribution is 1.89. The molecule has 0 amide bonds. The highest BCUT2D eigenvalue weighted by Gasteiger charge is 1.73. The van der Waals surface area contributed by atoms with E-state index < -0.39 is 0 Å². The smallest absolute Gasteiger partial charge is 0.145 e. The van der Waals surface area contributed by atoms with Crippen molar-refractivity contribution in [3.63, 3.8) is 0 Å². The molecule has 1 rings (SSSR count). The van der Waals surface area contributed by atoms with Crippen LogP contribution in [0.4, 0.5) is 0 Å². The molecular formula is C10H10N2O2. The SMILES string of the molecule is C1=C\C=C\C=C\C=C/OON=N\C=C/1. The fourth-order valence-electron chi connectivity index (χ4n) is 0.641. The van der Waals surface area contributed by atoms with Crippen molar-refractivity contribution >= 4 is 0 Å². The minimum Gasteiger partial charge on any atom is -0.274 e. The lowest BCUT2D eigenvalue weighted by molar-refractivity contribution is -0.256. The summed E-state index contributed by atoms with van der Waals surface area (Å²) in [5, 5.41) is 6.78. The quantitative estimate of drug-likeness (QED) is 0.551. The number of hydrogen-bond donors (Lipinski definition) is 0. The van der Waals surface area contributed by atoms with Gasteiger partial charge in [-0.05, 0) is 12.2 Å². The van der Waals surface area contributed by atoms with Crippen LogP contribution >= 0.6 is 0 Å². The summed E-state index contributed by atoms with van der Waals surface area (Å²) in [4.78, 5) is 8.83. The molecule has 4 nitrogen and oxygen atoms in total. The largest absolute Gasteiger partial charge is 0.274 e. The molecule has 0 saturated heterocycles. The number of nitrogens with zero attached hydrogens (tertiary/aromatic N) is 2. The van der Waals surface area contributed by atoms with Crippen molar-refractivity contribution in [2.24, 2.45) is 10.4 Å². The van der Waals surface area contributed by atoms with E-state index in [-0.39, 0.29) is 0 Å². The average molecular weight is 190 g/mol. The molecule has 1 heterocycles. The predicted molar refractivity (Wildman–Crippen MR) is 52.7 cm³/mol. The Hall–Kier alpha value is -2.10. The first-order chi connectivity index (χ1) is 7.00. The molecule has 0 bridgehead atoms. The molecule has 0 aromatic heterocycles. The van der Waals surface area contributed by atoms with Crippen molar-refractivity contribution in [1.29, 1.82) is 0 Å². The first-order valence-corrected chi connectivity index (χ1v) is 4.04. The summed E-state index contributed by atoms with van der Waals surface area (Å²) >= 11 is 0. The van der Waals surface area contributed by atoms with Gasteiger partial charge in [-0.15, -0.1) is 10.1 Å². The first-order valence-electron chi connectivity index (χ1n) is 4.04. The zero-order valence-corrected chi connectivity index (χ0v) is 7.48. The van der Waals surface area contributed by atoms with Gasteiger partial charge in [0.1, 0.15) is 6.26 Å². The van der Waals surface area contributed by atoms with Crippen LogP contribution in [0.1, 0.15) is 0 Å². The fourth-order valence-corrected chi connectivity index (χ4v) is 0.641. The second kappa shape index (κ2) is 7.54. The summed E-state index contributed by atoms with van der Waals surface area (Å²) in [7, 11) is 0. The van der Waals surface area contributed by atoms with Crippen molar-refractivity contribution in [1.82, 2.24) is 0 Å². The van der Waals surface area contributed by atoms with E-state index in [0.717, 1.165) is 0 Å². The van der Waals surface area contributed by atoms with E-state index >= 15 is 0 Å². The monoisotopic (exact) mass is 190 g/mol. The van der Waals surface area contributed by atoms with Crippen LogP contribution in [-0.2, 0) is 9.88 Å². The zero-order valence-electron chi connectivity index (χ0n) is 7.48. The molecule has 14 heavy (non-hydrogen) atoms. The third-order valence-electron chi connectivity index (χ3n) is 1.19. The van der Waals surface area contributed by atoms with Crippen molar-refractivity contribution in [3.8, 4) is 0 Å². The Bertz CT molecular complexity index is 280. The summed E-state index contributed by atoms with van der Waals surface area (Å²) in [5.74, 6) is 0. The van der Waals surface area contributed by atoms with E-state index in [1.54, 1.807) is 18.2 Å². The molecule has 1 aliphatic heterocycles. The molecular weight excluding hydrogens is 180 g/mol. The van der Waals surface area contributed by atoms with Gasteiger partial charge >= 0.3 is 0 Å². The summed E-state index contributed by atoms with van der Waals surface area (Å²) < 4.78 is 0. The normalized spacial score (nSPS) is 27.4. The van der Waals surface area contributed by atoms with E-state index in [4.69, 9.17) is 0 Å². The topological polar surface area (TPSA) is 43.2 Å². The molecule has 0 atom stereocenters. The van der Waals surface area contributed by atoms with Gasteiger partial charge in [0.25, 0.3) is 0 Å². The minimum absolute atomic E-state index is 1.36. The van der Waals surface area contributed by atoms with Gasteiger partial charge in [-0.25, -0.2) is 0 Å². The van der Waals surface area contributed by atoms with Gasteiger partial charge in [0.15, 0.2) is 0 Å². The second-order valence-electron chi connectivity index (χ2n) is 2.19. The molecule has 4 heteroatoms. The fraction of sp³-hybridized carbons (Fsp3) is 0. The Morgan fingerprint density at radius 3 is 2.14 bits per heavy atom. The van der Waals surface area contributed by atoms with Crippen LogP contribution in [0.25, 0.3) is 0 Å². The maximum Gasteiger partial charge on any atom is 0.145 e. The van der Waals surface area contributed by atoms with Gasteiger partial charge in [0.2, 0.25) is 0 Å². The van der Waals surface area contributed by atoms with E-state index in [2.05, 4.69) is 20.3 Å².